The van der Waals surface area contributed by atoms with E-state index in [1.165, 1.54) is 0 Å². The lowest BCUT2D eigenvalue weighted by molar-refractivity contribution is 1.15. The van der Waals surface area contributed by atoms with Crippen LogP contribution in [0.1, 0.15) is 0 Å². The summed E-state index contributed by atoms with van der Waals surface area (Å²) in [5.74, 6) is 0. The topological polar surface area (TPSA) is 40.7 Å². The summed E-state index contributed by atoms with van der Waals surface area (Å²) in [4.78, 5) is 7.05. The summed E-state index contributed by atoms with van der Waals surface area (Å²) in [7, 11) is 1.85. The second kappa shape index (κ2) is 3.61. The van der Waals surface area contributed by atoms with Gasteiger partial charge in [0.2, 0.25) is 0 Å². The average molecular weight is 149 g/mol. The molecule has 0 aliphatic carbocycles. The van der Waals surface area contributed by atoms with Gasteiger partial charge in [0.15, 0.2) is 0 Å². The fraction of sp³-hybridized carbons (Fsp3) is 0.125. The molecule has 3 nitrogen and oxygen atoms in total. The van der Waals surface area contributed by atoms with Crippen LogP contribution in [0.4, 0.5) is 0 Å². The Balaban J connectivity index is 3.27. The van der Waals surface area contributed by atoms with Gasteiger partial charge in [-0.05, 0) is 6.08 Å². The van der Waals surface area contributed by atoms with Crippen LogP contribution in [-0.4, -0.2) is 17.0 Å². The Morgan fingerprint density at radius 2 is 2.55 bits per heavy atom. The van der Waals surface area contributed by atoms with Crippen LogP contribution in [0.3, 0.4) is 0 Å². The highest BCUT2D eigenvalue weighted by atomic mass is 14.9. The molecule has 0 spiro atoms. The van der Waals surface area contributed by atoms with Gasteiger partial charge in [0.05, 0.1) is 17.0 Å². The molecule has 0 amide bonds. The summed E-state index contributed by atoms with van der Waals surface area (Å²) in [5.41, 5.74) is 0. The van der Waals surface area contributed by atoms with Crippen LogP contribution >= 0.6 is 0 Å². The van der Waals surface area contributed by atoms with Crippen molar-refractivity contribution < 1.29 is 0 Å². The minimum atomic E-state index is 0.898. The molecule has 0 atom stereocenters. The number of imidazole rings is 1. The lowest BCUT2D eigenvalue weighted by atomic mass is 10.5. The third-order valence-corrected chi connectivity index (χ3v) is 1.26. The summed E-state index contributed by atoms with van der Waals surface area (Å²) in [6.07, 6.45) is 7.06. The van der Waals surface area contributed by atoms with Gasteiger partial charge in [-0.2, -0.15) is 0 Å². The Hall–Kier alpha value is -1.51. The molecule has 0 aliphatic heterocycles. The number of aromatic amines is 1. The molecule has 1 aromatic rings. The second-order valence-corrected chi connectivity index (χ2v) is 2.04. The molecule has 1 aromatic heterocycles. The summed E-state index contributed by atoms with van der Waals surface area (Å²) in [5, 5.41) is 4.78. The van der Waals surface area contributed by atoms with Gasteiger partial charge >= 0.3 is 0 Å². The molecule has 1 rings (SSSR count). The van der Waals surface area contributed by atoms with E-state index >= 15 is 0 Å². The van der Waals surface area contributed by atoms with Gasteiger partial charge in [0, 0.05) is 13.2 Å². The maximum Gasteiger partial charge on any atom is 0.0932 e. The van der Waals surface area contributed by atoms with Crippen LogP contribution in [0.5, 0.6) is 0 Å². The zero-order valence-electron chi connectivity index (χ0n) is 6.46. The summed E-state index contributed by atoms with van der Waals surface area (Å²) >= 11 is 0. The molecule has 0 radical (unpaired) electrons. The minimum Gasteiger partial charge on any atom is -0.392 e. The normalized spacial score (nSPS) is 13.5. The molecule has 3 heteroatoms. The largest absolute Gasteiger partial charge is 0.392 e. The van der Waals surface area contributed by atoms with Crippen molar-refractivity contribution in [2.24, 2.45) is 0 Å². The summed E-state index contributed by atoms with van der Waals surface area (Å²) in [6.45, 7) is 3.59. The first kappa shape index (κ1) is 7.60. The van der Waals surface area contributed by atoms with Crippen molar-refractivity contribution in [2.75, 3.05) is 7.05 Å². The molecule has 0 saturated heterocycles. The second-order valence-electron chi connectivity index (χ2n) is 2.04. The van der Waals surface area contributed by atoms with E-state index in [0.29, 0.717) is 0 Å². The van der Waals surface area contributed by atoms with Crippen LogP contribution in [0.2, 0.25) is 0 Å². The highest BCUT2D eigenvalue weighted by molar-refractivity contribution is 5.33. The fourth-order valence-electron chi connectivity index (χ4n) is 0.819. The lowest BCUT2D eigenvalue weighted by Gasteiger charge is -1.80. The quantitative estimate of drug-likeness (QED) is 0.585. The zero-order chi connectivity index (χ0) is 8.10. The van der Waals surface area contributed by atoms with Crippen LogP contribution in [0.25, 0.3) is 12.3 Å². The van der Waals surface area contributed by atoms with Crippen LogP contribution < -0.4 is 16.0 Å². The van der Waals surface area contributed by atoms with E-state index in [0.717, 1.165) is 10.7 Å². The van der Waals surface area contributed by atoms with E-state index in [-0.39, 0.29) is 0 Å². The van der Waals surface area contributed by atoms with E-state index in [4.69, 9.17) is 0 Å². The van der Waals surface area contributed by atoms with Gasteiger partial charge < -0.3 is 10.3 Å². The monoisotopic (exact) mass is 149 g/mol. The molecule has 0 bridgehead atoms. The highest BCUT2D eigenvalue weighted by Gasteiger charge is 1.82. The molecule has 2 N–H and O–H groups in total. The molecule has 0 aliphatic rings. The number of aromatic nitrogens is 2. The Bertz CT molecular complexity index is 334. The summed E-state index contributed by atoms with van der Waals surface area (Å²) < 4.78 is 0. The molecular weight excluding hydrogens is 138 g/mol. The molecule has 0 fully saturated rings. The smallest absolute Gasteiger partial charge is 0.0932 e. The third-order valence-electron chi connectivity index (χ3n) is 1.26. The number of allylic oxidation sites excluding steroid dienone is 1. The van der Waals surface area contributed by atoms with E-state index in [1.807, 2.05) is 19.3 Å². The Morgan fingerprint density at radius 3 is 3.18 bits per heavy atom. The molecule has 0 saturated carbocycles. The van der Waals surface area contributed by atoms with E-state index in [1.54, 1.807) is 12.4 Å². The van der Waals surface area contributed by atoms with Crippen molar-refractivity contribution in [3.05, 3.63) is 29.7 Å². The molecule has 0 unspecified atom stereocenters. The van der Waals surface area contributed by atoms with Crippen molar-refractivity contribution in [3.8, 4) is 0 Å². The first-order valence-electron chi connectivity index (χ1n) is 3.38. The van der Waals surface area contributed by atoms with Crippen LogP contribution in [0, 0.1) is 0 Å². The fourth-order valence-corrected chi connectivity index (χ4v) is 0.819. The number of H-pyrrole nitrogens is 1. The number of nitrogens with one attached hydrogen (secondary N) is 2. The van der Waals surface area contributed by atoms with E-state index in [2.05, 4.69) is 21.9 Å². The van der Waals surface area contributed by atoms with E-state index < -0.39 is 0 Å². The predicted molar refractivity (Wildman–Crippen MR) is 46.0 cm³/mol. The standard InChI is InChI=1S/C8H11N3/c1-3-4-7-8(5-9-2)11-6-10-7/h3-6,9H,1H2,2H3,(H,10,11)/b7-4+,8-5+. The minimum absolute atomic E-state index is 0.898. The number of hydrogen-bond acceptors (Lipinski definition) is 2. The van der Waals surface area contributed by atoms with Crippen molar-refractivity contribution in [1.29, 1.82) is 0 Å². The van der Waals surface area contributed by atoms with Gasteiger partial charge in [-0.15, -0.1) is 0 Å². The third kappa shape index (κ3) is 1.70. The van der Waals surface area contributed by atoms with Crippen LogP contribution in [0.15, 0.2) is 19.0 Å². The van der Waals surface area contributed by atoms with Gasteiger partial charge in [-0.25, -0.2) is 4.98 Å². The number of hydrogen-bond donors (Lipinski definition) is 2. The highest BCUT2D eigenvalue weighted by Crippen LogP contribution is 1.61. The Kier molecular flexibility index (Phi) is 2.49. The van der Waals surface area contributed by atoms with Crippen LogP contribution in [-0.2, 0) is 0 Å². The van der Waals surface area contributed by atoms with Crippen molar-refractivity contribution in [2.45, 2.75) is 0 Å². The van der Waals surface area contributed by atoms with Gasteiger partial charge in [0.25, 0.3) is 0 Å². The first-order valence-corrected chi connectivity index (χ1v) is 3.38. The summed E-state index contributed by atoms with van der Waals surface area (Å²) in [6, 6.07) is 0. The predicted octanol–water partition coefficient (Wildman–Crippen LogP) is -0.666. The van der Waals surface area contributed by atoms with Crippen molar-refractivity contribution >= 4 is 12.3 Å². The molecule has 58 valence electrons. The number of rotatable bonds is 2. The van der Waals surface area contributed by atoms with Gasteiger partial charge in [0.1, 0.15) is 0 Å². The van der Waals surface area contributed by atoms with E-state index in [9.17, 15) is 0 Å². The Labute approximate surface area is 65.2 Å². The maximum atomic E-state index is 4.07. The molecular formula is C8H11N3. The zero-order valence-corrected chi connectivity index (χ0v) is 6.46. The molecule has 11 heavy (non-hydrogen) atoms. The van der Waals surface area contributed by atoms with Crippen molar-refractivity contribution in [3.63, 3.8) is 0 Å². The number of nitrogens with zero attached hydrogens (tertiary/aromatic N) is 1. The lowest BCUT2D eigenvalue weighted by Crippen LogP contribution is -2.26. The van der Waals surface area contributed by atoms with Gasteiger partial charge in [-0.1, -0.05) is 12.7 Å². The van der Waals surface area contributed by atoms with Gasteiger partial charge in [-0.3, -0.25) is 0 Å². The SMILES string of the molecule is C=C/C=c1/nc[nH]/c1=C/NC. The maximum absolute atomic E-state index is 4.07. The molecule has 0 aromatic carbocycles. The first-order chi connectivity index (χ1) is 5.38. The van der Waals surface area contributed by atoms with Crippen molar-refractivity contribution in [1.82, 2.24) is 15.3 Å². The average Bonchev–Trinajstić information content (AvgIpc) is 2.39. The molecule has 1 heterocycles. The Morgan fingerprint density at radius 1 is 1.73 bits per heavy atom.